The smallest absolute Gasteiger partial charge is 0.293 e. The Morgan fingerprint density at radius 3 is 2.55 bits per heavy atom. The van der Waals surface area contributed by atoms with Crippen molar-refractivity contribution in [2.45, 2.75) is 6.92 Å². The van der Waals surface area contributed by atoms with Gasteiger partial charge in [-0.25, -0.2) is 0 Å². The Morgan fingerprint density at radius 1 is 1.30 bits per heavy atom. The summed E-state index contributed by atoms with van der Waals surface area (Å²) in [4.78, 5) is 13.8. The fraction of sp³-hybridized carbons (Fsp3) is 0.143. The molecule has 0 aliphatic rings. The highest BCUT2D eigenvalue weighted by Crippen LogP contribution is 2.15. The SMILES string of the molecule is CCN(C(=S)NC(=O)c1ccc(Br)o1)c1ccccc1. The molecular formula is C14H13BrN2O2S. The van der Waals surface area contributed by atoms with Crippen molar-refractivity contribution in [2.75, 3.05) is 11.4 Å². The molecule has 0 atom stereocenters. The number of carbonyl (C=O) groups excluding carboxylic acids is 1. The maximum atomic E-state index is 12.0. The predicted octanol–water partition coefficient (Wildman–Crippen LogP) is 3.58. The summed E-state index contributed by atoms with van der Waals surface area (Å²) in [5.74, 6) is -0.154. The van der Waals surface area contributed by atoms with Crippen molar-refractivity contribution in [3.63, 3.8) is 0 Å². The van der Waals surface area contributed by atoms with Gasteiger partial charge in [0, 0.05) is 12.2 Å². The number of hydrogen-bond acceptors (Lipinski definition) is 3. The molecular weight excluding hydrogens is 340 g/mol. The lowest BCUT2D eigenvalue weighted by molar-refractivity contribution is 0.0949. The van der Waals surface area contributed by atoms with Crippen LogP contribution >= 0.6 is 28.1 Å². The van der Waals surface area contributed by atoms with E-state index in [1.54, 1.807) is 12.1 Å². The van der Waals surface area contributed by atoms with Crippen molar-refractivity contribution in [3.8, 4) is 0 Å². The first kappa shape index (κ1) is 14.7. The van der Waals surface area contributed by atoms with E-state index in [1.807, 2.05) is 42.2 Å². The minimum Gasteiger partial charge on any atom is -0.444 e. The van der Waals surface area contributed by atoms with Crippen LogP contribution in [0.15, 0.2) is 51.6 Å². The monoisotopic (exact) mass is 352 g/mol. The van der Waals surface area contributed by atoms with Crippen LogP contribution in [0.2, 0.25) is 0 Å². The summed E-state index contributed by atoms with van der Waals surface area (Å²) in [5, 5.41) is 3.01. The third kappa shape index (κ3) is 3.46. The number of amides is 1. The van der Waals surface area contributed by atoms with Gasteiger partial charge in [0.25, 0.3) is 5.91 Å². The highest BCUT2D eigenvalue weighted by molar-refractivity contribution is 9.10. The molecule has 4 nitrogen and oxygen atoms in total. The zero-order valence-electron chi connectivity index (χ0n) is 10.8. The summed E-state index contributed by atoms with van der Waals surface area (Å²) in [7, 11) is 0. The zero-order chi connectivity index (χ0) is 14.5. The third-order valence-corrected chi connectivity index (χ3v) is 3.40. The highest BCUT2D eigenvalue weighted by Gasteiger charge is 2.16. The molecule has 0 bridgehead atoms. The fourth-order valence-corrected chi connectivity index (χ4v) is 2.35. The van der Waals surface area contributed by atoms with Crippen LogP contribution in [0.5, 0.6) is 0 Å². The van der Waals surface area contributed by atoms with Gasteiger partial charge in [-0.2, -0.15) is 0 Å². The van der Waals surface area contributed by atoms with Gasteiger partial charge in [0.1, 0.15) is 0 Å². The Hall–Kier alpha value is -1.66. The minimum atomic E-state index is -0.366. The van der Waals surface area contributed by atoms with E-state index in [4.69, 9.17) is 16.6 Å². The number of anilines is 1. The summed E-state index contributed by atoms with van der Waals surface area (Å²) in [6.45, 7) is 2.62. The molecule has 1 aromatic carbocycles. The molecule has 0 aliphatic heterocycles. The number of para-hydroxylation sites is 1. The van der Waals surface area contributed by atoms with E-state index < -0.39 is 0 Å². The summed E-state index contributed by atoms with van der Waals surface area (Å²) in [5.41, 5.74) is 0.931. The van der Waals surface area contributed by atoms with Crippen LogP contribution in [0.4, 0.5) is 5.69 Å². The Balaban J connectivity index is 2.08. The van der Waals surface area contributed by atoms with Crippen molar-refractivity contribution >= 4 is 44.9 Å². The average molecular weight is 353 g/mol. The zero-order valence-corrected chi connectivity index (χ0v) is 13.2. The van der Waals surface area contributed by atoms with E-state index in [0.29, 0.717) is 16.3 Å². The average Bonchev–Trinajstić information content (AvgIpc) is 2.87. The highest BCUT2D eigenvalue weighted by atomic mass is 79.9. The Kier molecular flexibility index (Phi) is 4.92. The van der Waals surface area contributed by atoms with Crippen LogP contribution in [0.25, 0.3) is 0 Å². The molecule has 0 radical (unpaired) electrons. The molecule has 0 spiro atoms. The predicted molar refractivity (Wildman–Crippen MR) is 85.9 cm³/mol. The molecule has 0 saturated carbocycles. The van der Waals surface area contributed by atoms with Crippen molar-refractivity contribution in [1.82, 2.24) is 5.32 Å². The number of furan rings is 1. The normalized spacial score (nSPS) is 10.1. The molecule has 104 valence electrons. The quantitative estimate of drug-likeness (QED) is 0.857. The van der Waals surface area contributed by atoms with Crippen molar-refractivity contribution < 1.29 is 9.21 Å². The van der Waals surface area contributed by atoms with E-state index in [9.17, 15) is 4.79 Å². The number of carbonyl (C=O) groups is 1. The van der Waals surface area contributed by atoms with Crippen LogP contribution in [0.1, 0.15) is 17.5 Å². The largest absolute Gasteiger partial charge is 0.444 e. The number of rotatable bonds is 3. The maximum Gasteiger partial charge on any atom is 0.293 e. The van der Waals surface area contributed by atoms with Crippen molar-refractivity contribution in [2.24, 2.45) is 0 Å². The minimum absolute atomic E-state index is 0.211. The van der Waals surface area contributed by atoms with E-state index in [2.05, 4.69) is 21.2 Å². The molecule has 1 aromatic heterocycles. The first-order valence-corrected chi connectivity index (χ1v) is 7.25. The second-order valence-corrected chi connectivity index (χ2v) is 5.11. The van der Waals surface area contributed by atoms with Crippen LogP contribution in [-0.2, 0) is 0 Å². The molecule has 1 heterocycles. The molecule has 1 N–H and O–H groups in total. The second kappa shape index (κ2) is 6.67. The lowest BCUT2D eigenvalue weighted by Crippen LogP contribution is -2.42. The molecule has 0 fully saturated rings. The Labute approximate surface area is 130 Å². The standard InChI is InChI=1S/C14H13BrN2O2S/c1-2-17(10-6-4-3-5-7-10)14(20)16-13(18)11-8-9-12(15)19-11/h3-9H,2H2,1H3,(H,16,18,20). The molecule has 6 heteroatoms. The van der Waals surface area contributed by atoms with Gasteiger partial charge in [-0.05, 0) is 59.3 Å². The topological polar surface area (TPSA) is 45.5 Å². The van der Waals surface area contributed by atoms with Gasteiger partial charge < -0.3 is 9.32 Å². The van der Waals surface area contributed by atoms with Crippen molar-refractivity contribution in [3.05, 3.63) is 52.9 Å². The third-order valence-electron chi connectivity index (χ3n) is 2.65. The Bertz CT molecular complexity index is 613. The van der Waals surface area contributed by atoms with Crippen molar-refractivity contribution in [1.29, 1.82) is 0 Å². The van der Waals surface area contributed by atoms with E-state index in [0.717, 1.165) is 5.69 Å². The molecule has 2 rings (SSSR count). The lowest BCUT2D eigenvalue weighted by Gasteiger charge is -2.23. The number of nitrogens with one attached hydrogen (secondary N) is 1. The summed E-state index contributed by atoms with van der Waals surface area (Å²) in [6, 6.07) is 12.9. The summed E-state index contributed by atoms with van der Waals surface area (Å²) < 4.78 is 5.70. The molecule has 0 aliphatic carbocycles. The summed E-state index contributed by atoms with van der Waals surface area (Å²) >= 11 is 8.44. The summed E-state index contributed by atoms with van der Waals surface area (Å²) in [6.07, 6.45) is 0. The number of halogens is 1. The molecule has 0 unspecified atom stereocenters. The molecule has 2 aromatic rings. The van der Waals surface area contributed by atoms with Gasteiger partial charge in [0.05, 0.1) is 0 Å². The van der Waals surface area contributed by atoms with Crippen LogP contribution in [-0.4, -0.2) is 17.6 Å². The Morgan fingerprint density at radius 2 is 2.00 bits per heavy atom. The maximum absolute atomic E-state index is 12.0. The van der Waals surface area contributed by atoms with Crippen LogP contribution in [0, 0.1) is 0 Å². The van der Waals surface area contributed by atoms with Gasteiger partial charge in [-0.1, -0.05) is 18.2 Å². The van der Waals surface area contributed by atoms with E-state index >= 15 is 0 Å². The first-order valence-electron chi connectivity index (χ1n) is 6.05. The van der Waals surface area contributed by atoms with Gasteiger partial charge in [-0.15, -0.1) is 0 Å². The number of thiocarbonyl (C=S) groups is 1. The number of hydrogen-bond donors (Lipinski definition) is 1. The number of nitrogens with zero attached hydrogens (tertiary/aromatic N) is 1. The molecule has 20 heavy (non-hydrogen) atoms. The van der Waals surface area contributed by atoms with Gasteiger partial charge in [-0.3, -0.25) is 10.1 Å². The number of benzene rings is 1. The lowest BCUT2D eigenvalue weighted by atomic mass is 10.3. The fourth-order valence-electron chi connectivity index (χ4n) is 1.71. The van der Waals surface area contributed by atoms with E-state index in [1.165, 1.54) is 0 Å². The second-order valence-electron chi connectivity index (χ2n) is 3.94. The van der Waals surface area contributed by atoms with Gasteiger partial charge in [0.15, 0.2) is 15.5 Å². The van der Waals surface area contributed by atoms with E-state index in [-0.39, 0.29) is 11.7 Å². The first-order chi connectivity index (χ1) is 9.61. The molecule has 0 saturated heterocycles. The van der Waals surface area contributed by atoms with Crippen LogP contribution < -0.4 is 10.2 Å². The van der Waals surface area contributed by atoms with Gasteiger partial charge in [0.2, 0.25) is 0 Å². The van der Waals surface area contributed by atoms with Crippen LogP contribution in [0.3, 0.4) is 0 Å². The van der Waals surface area contributed by atoms with Gasteiger partial charge >= 0.3 is 0 Å². The molecule has 1 amide bonds.